The van der Waals surface area contributed by atoms with Crippen LogP contribution in [-0.4, -0.2) is 41.7 Å². The predicted molar refractivity (Wildman–Crippen MR) is 102 cm³/mol. The third kappa shape index (κ3) is 4.06. The number of ether oxygens (including phenoxy) is 1. The minimum absolute atomic E-state index is 0.0279. The SMILES string of the molecule is C=CCN1C(=O)c2ccc(C(=O)OCC(=O)Nc3cc(F)ccc3C)cc2C1=O. The van der Waals surface area contributed by atoms with E-state index in [0.717, 1.165) is 11.0 Å². The first-order valence-corrected chi connectivity index (χ1v) is 8.66. The van der Waals surface area contributed by atoms with Gasteiger partial charge in [0.25, 0.3) is 17.7 Å². The molecule has 8 heteroatoms. The number of amides is 3. The van der Waals surface area contributed by atoms with Crippen LogP contribution in [0.25, 0.3) is 0 Å². The zero-order valence-electron chi connectivity index (χ0n) is 15.5. The minimum Gasteiger partial charge on any atom is -0.452 e. The lowest BCUT2D eigenvalue weighted by Gasteiger charge is -2.09. The van der Waals surface area contributed by atoms with E-state index in [1.165, 1.54) is 36.4 Å². The molecule has 0 unspecified atom stereocenters. The average molecular weight is 396 g/mol. The van der Waals surface area contributed by atoms with Crippen molar-refractivity contribution >= 4 is 29.4 Å². The molecule has 0 spiro atoms. The number of fused-ring (bicyclic) bond motifs is 1. The predicted octanol–water partition coefficient (Wildman–Crippen LogP) is 2.71. The van der Waals surface area contributed by atoms with Crippen molar-refractivity contribution in [3.8, 4) is 0 Å². The third-order valence-corrected chi connectivity index (χ3v) is 4.33. The Morgan fingerprint density at radius 1 is 1.14 bits per heavy atom. The molecule has 0 fully saturated rings. The number of rotatable bonds is 6. The first-order valence-electron chi connectivity index (χ1n) is 8.66. The summed E-state index contributed by atoms with van der Waals surface area (Å²) in [7, 11) is 0. The first kappa shape index (κ1) is 19.9. The summed E-state index contributed by atoms with van der Waals surface area (Å²) in [6.45, 7) is 4.66. The van der Waals surface area contributed by atoms with E-state index >= 15 is 0 Å². The number of anilines is 1. The van der Waals surface area contributed by atoms with Crippen LogP contribution in [0, 0.1) is 12.7 Å². The summed E-state index contributed by atoms with van der Waals surface area (Å²) in [5.74, 6) is -2.97. The number of nitrogens with zero attached hydrogens (tertiary/aromatic N) is 1. The van der Waals surface area contributed by atoms with E-state index in [9.17, 15) is 23.6 Å². The van der Waals surface area contributed by atoms with Gasteiger partial charge in [0.1, 0.15) is 5.82 Å². The van der Waals surface area contributed by atoms with Gasteiger partial charge in [-0.25, -0.2) is 9.18 Å². The summed E-state index contributed by atoms with van der Waals surface area (Å²) >= 11 is 0. The van der Waals surface area contributed by atoms with Crippen molar-refractivity contribution in [2.75, 3.05) is 18.5 Å². The number of halogens is 1. The van der Waals surface area contributed by atoms with Gasteiger partial charge in [-0.3, -0.25) is 19.3 Å². The van der Waals surface area contributed by atoms with Gasteiger partial charge < -0.3 is 10.1 Å². The van der Waals surface area contributed by atoms with E-state index in [1.807, 2.05) is 0 Å². The summed E-state index contributed by atoms with van der Waals surface area (Å²) in [5, 5.41) is 2.46. The highest BCUT2D eigenvalue weighted by Crippen LogP contribution is 2.24. The Labute approximate surface area is 165 Å². The Morgan fingerprint density at radius 2 is 1.86 bits per heavy atom. The highest BCUT2D eigenvalue weighted by atomic mass is 19.1. The van der Waals surface area contributed by atoms with Gasteiger partial charge in [-0.05, 0) is 42.8 Å². The standard InChI is InChI=1S/C21H17FN2O5/c1-3-8-24-19(26)15-7-5-13(9-16(15)20(24)27)21(28)29-11-18(25)23-17-10-14(22)6-4-12(17)2/h3-7,9-10H,1,8,11H2,2H3,(H,23,25). The molecular weight excluding hydrogens is 379 g/mol. The van der Waals surface area contributed by atoms with Crippen molar-refractivity contribution in [3.05, 3.63) is 77.1 Å². The number of carbonyl (C=O) groups excluding carboxylic acids is 4. The normalized spacial score (nSPS) is 12.6. The number of nitrogens with one attached hydrogen (secondary N) is 1. The number of imide groups is 1. The number of hydrogen-bond acceptors (Lipinski definition) is 5. The number of benzene rings is 2. The lowest BCUT2D eigenvalue weighted by atomic mass is 10.1. The second-order valence-corrected chi connectivity index (χ2v) is 6.35. The summed E-state index contributed by atoms with van der Waals surface area (Å²) in [6.07, 6.45) is 1.43. The molecule has 1 aliphatic rings. The fraction of sp³-hybridized carbons (Fsp3) is 0.143. The van der Waals surface area contributed by atoms with E-state index in [1.54, 1.807) is 6.92 Å². The van der Waals surface area contributed by atoms with E-state index < -0.39 is 36.1 Å². The third-order valence-electron chi connectivity index (χ3n) is 4.33. The number of aryl methyl sites for hydroxylation is 1. The maximum absolute atomic E-state index is 13.3. The molecule has 1 aliphatic heterocycles. The maximum Gasteiger partial charge on any atom is 0.338 e. The molecule has 0 saturated heterocycles. The minimum atomic E-state index is -0.832. The Kier molecular flexibility index (Phi) is 5.54. The van der Waals surface area contributed by atoms with Crippen LogP contribution in [0.4, 0.5) is 10.1 Å². The molecule has 0 atom stereocenters. The quantitative estimate of drug-likeness (QED) is 0.460. The molecule has 1 N–H and O–H groups in total. The van der Waals surface area contributed by atoms with Crippen molar-refractivity contribution in [1.29, 1.82) is 0 Å². The highest BCUT2D eigenvalue weighted by molar-refractivity contribution is 6.22. The Hall–Kier alpha value is -3.81. The van der Waals surface area contributed by atoms with Crippen molar-refractivity contribution in [1.82, 2.24) is 4.90 Å². The van der Waals surface area contributed by atoms with Gasteiger partial charge in [0, 0.05) is 12.2 Å². The molecular formula is C21H17FN2O5. The first-order chi connectivity index (χ1) is 13.8. The molecule has 0 radical (unpaired) electrons. The summed E-state index contributed by atoms with van der Waals surface area (Å²) in [5.41, 5.74) is 1.23. The molecule has 2 aromatic carbocycles. The zero-order valence-corrected chi connectivity index (χ0v) is 15.5. The van der Waals surface area contributed by atoms with Crippen LogP contribution in [0.1, 0.15) is 36.6 Å². The molecule has 29 heavy (non-hydrogen) atoms. The number of carbonyl (C=O) groups is 4. The largest absolute Gasteiger partial charge is 0.452 e. The van der Waals surface area contributed by atoms with Gasteiger partial charge in [-0.2, -0.15) is 0 Å². The highest BCUT2D eigenvalue weighted by Gasteiger charge is 2.35. The second-order valence-electron chi connectivity index (χ2n) is 6.35. The Morgan fingerprint density at radius 3 is 2.59 bits per heavy atom. The fourth-order valence-corrected chi connectivity index (χ4v) is 2.84. The van der Waals surface area contributed by atoms with Gasteiger partial charge in [0.05, 0.1) is 16.7 Å². The fourth-order valence-electron chi connectivity index (χ4n) is 2.84. The smallest absolute Gasteiger partial charge is 0.338 e. The van der Waals surface area contributed by atoms with Crippen LogP contribution >= 0.6 is 0 Å². The molecule has 0 saturated carbocycles. The van der Waals surface area contributed by atoms with Crippen molar-refractivity contribution in [2.45, 2.75) is 6.92 Å². The molecule has 0 bridgehead atoms. The van der Waals surface area contributed by atoms with E-state index in [-0.39, 0.29) is 28.9 Å². The number of esters is 1. The molecule has 7 nitrogen and oxygen atoms in total. The van der Waals surface area contributed by atoms with Crippen LogP contribution in [-0.2, 0) is 9.53 Å². The molecule has 3 rings (SSSR count). The zero-order chi connectivity index (χ0) is 21.1. The van der Waals surface area contributed by atoms with Crippen molar-refractivity contribution in [2.24, 2.45) is 0 Å². The second kappa shape index (κ2) is 8.05. The van der Waals surface area contributed by atoms with Crippen LogP contribution in [0.15, 0.2) is 49.1 Å². The summed E-state index contributed by atoms with van der Waals surface area (Å²) in [6, 6.07) is 7.91. The van der Waals surface area contributed by atoms with Crippen LogP contribution < -0.4 is 5.32 Å². The van der Waals surface area contributed by atoms with E-state index in [4.69, 9.17) is 4.74 Å². The van der Waals surface area contributed by atoms with Gasteiger partial charge in [-0.1, -0.05) is 12.1 Å². The molecule has 148 valence electrons. The van der Waals surface area contributed by atoms with Gasteiger partial charge in [0.2, 0.25) is 0 Å². The van der Waals surface area contributed by atoms with E-state index in [0.29, 0.717) is 5.56 Å². The summed E-state index contributed by atoms with van der Waals surface area (Å²) in [4.78, 5) is 49.7. The Bertz CT molecular complexity index is 1050. The molecule has 1 heterocycles. The van der Waals surface area contributed by atoms with Crippen LogP contribution in [0.2, 0.25) is 0 Å². The van der Waals surface area contributed by atoms with Crippen molar-refractivity contribution in [3.63, 3.8) is 0 Å². The lowest BCUT2D eigenvalue weighted by Crippen LogP contribution is -2.29. The molecule has 0 aliphatic carbocycles. The number of hydrogen-bond donors (Lipinski definition) is 1. The van der Waals surface area contributed by atoms with Gasteiger partial charge in [-0.15, -0.1) is 6.58 Å². The van der Waals surface area contributed by atoms with Crippen LogP contribution in [0.5, 0.6) is 0 Å². The van der Waals surface area contributed by atoms with Crippen molar-refractivity contribution < 1.29 is 28.3 Å². The maximum atomic E-state index is 13.3. The lowest BCUT2D eigenvalue weighted by molar-refractivity contribution is -0.119. The van der Waals surface area contributed by atoms with Gasteiger partial charge in [0.15, 0.2) is 6.61 Å². The molecule has 3 amide bonds. The molecule has 0 aromatic heterocycles. The van der Waals surface area contributed by atoms with Gasteiger partial charge >= 0.3 is 5.97 Å². The average Bonchev–Trinajstić information content (AvgIpc) is 2.93. The monoisotopic (exact) mass is 396 g/mol. The molecule has 2 aromatic rings. The Balaban J connectivity index is 1.66. The summed E-state index contributed by atoms with van der Waals surface area (Å²) < 4.78 is 18.2. The topological polar surface area (TPSA) is 92.8 Å². The van der Waals surface area contributed by atoms with E-state index in [2.05, 4.69) is 11.9 Å². The van der Waals surface area contributed by atoms with Crippen LogP contribution in [0.3, 0.4) is 0 Å².